The Hall–Kier alpha value is -1.17. The summed E-state index contributed by atoms with van der Waals surface area (Å²) in [6, 6.07) is 7.10. The van der Waals surface area contributed by atoms with Gasteiger partial charge in [0.15, 0.2) is 0 Å². The summed E-state index contributed by atoms with van der Waals surface area (Å²) in [5.74, 6) is 0. The van der Waals surface area contributed by atoms with Gasteiger partial charge in [-0.15, -0.1) is 22.7 Å². The van der Waals surface area contributed by atoms with E-state index in [-0.39, 0.29) is 0 Å². The van der Waals surface area contributed by atoms with Crippen LogP contribution in [0.5, 0.6) is 0 Å². The summed E-state index contributed by atoms with van der Waals surface area (Å²) in [5, 5.41) is 10.2. The molecule has 0 bridgehead atoms. The zero-order chi connectivity index (χ0) is 14.1. The second-order valence-electron chi connectivity index (χ2n) is 5.01. The first kappa shape index (κ1) is 13.8. The minimum atomic E-state index is 0.374. The molecule has 0 spiro atoms. The van der Waals surface area contributed by atoms with Crippen LogP contribution in [0.1, 0.15) is 29.2 Å². The molecule has 20 heavy (non-hydrogen) atoms. The van der Waals surface area contributed by atoms with Crippen LogP contribution in [0.2, 0.25) is 0 Å². The van der Waals surface area contributed by atoms with Crippen LogP contribution in [0.15, 0.2) is 23.6 Å². The maximum absolute atomic E-state index is 4.45. The SMILES string of the molecule is CCNC(Cc1cc(C)nn1C)c1cc2sccc2s1. The molecule has 0 aliphatic rings. The molecule has 0 aromatic carbocycles. The third-order valence-corrected chi connectivity index (χ3v) is 5.67. The lowest BCUT2D eigenvalue weighted by atomic mass is 10.1. The number of aryl methyl sites for hydroxylation is 2. The Morgan fingerprint density at radius 2 is 2.20 bits per heavy atom. The lowest BCUT2D eigenvalue weighted by molar-refractivity contribution is 0.536. The van der Waals surface area contributed by atoms with Crippen molar-refractivity contribution in [2.75, 3.05) is 6.54 Å². The van der Waals surface area contributed by atoms with E-state index in [2.05, 4.69) is 40.9 Å². The van der Waals surface area contributed by atoms with Crippen molar-refractivity contribution in [1.82, 2.24) is 15.1 Å². The van der Waals surface area contributed by atoms with Crippen molar-refractivity contribution in [2.45, 2.75) is 26.3 Å². The molecule has 0 saturated carbocycles. The molecule has 0 amide bonds. The average Bonchev–Trinajstić information content (AvgIpc) is 3.03. The van der Waals surface area contributed by atoms with Gasteiger partial charge in [-0.25, -0.2) is 0 Å². The molecule has 0 aliphatic carbocycles. The Balaban J connectivity index is 1.88. The highest BCUT2D eigenvalue weighted by Gasteiger charge is 2.17. The molecule has 3 aromatic rings. The molecule has 0 saturated heterocycles. The van der Waals surface area contributed by atoms with Gasteiger partial charge < -0.3 is 5.32 Å². The largest absolute Gasteiger partial charge is 0.309 e. The smallest absolute Gasteiger partial charge is 0.0596 e. The number of thiophene rings is 2. The first-order chi connectivity index (χ1) is 9.67. The number of likely N-dealkylation sites (N-methyl/N-ethyl adjacent to an activating group) is 1. The Morgan fingerprint density at radius 3 is 2.85 bits per heavy atom. The number of aromatic nitrogens is 2. The lowest BCUT2D eigenvalue weighted by Gasteiger charge is -2.16. The lowest BCUT2D eigenvalue weighted by Crippen LogP contribution is -2.23. The maximum Gasteiger partial charge on any atom is 0.0596 e. The molecular formula is C15H19N3S2. The van der Waals surface area contributed by atoms with Crippen molar-refractivity contribution in [3.8, 4) is 0 Å². The number of hydrogen-bond donors (Lipinski definition) is 1. The summed E-state index contributed by atoms with van der Waals surface area (Å²) in [7, 11) is 2.03. The maximum atomic E-state index is 4.45. The molecule has 1 atom stereocenters. The van der Waals surface area contributed by atoms with Crippen molar-refractivity contribution >= 4 is 32.1 Å². The summed E-state index contributed by atoms with van der Waals surface area (Å²) < 4.78 is 4.79. The normalized spacial score (nSPS) is 13.2. The van der Waals surface area contributed by atoms with Gasteiger partial charge >= 0.3 is 0 Å². The van der Waals surface area contributed by atoms with Gasteiger partial charge in [0.2, 0.25) is 0 Å². The zero-order valence-electron chi connectivity index (χ0n) is 12.0. The highest BCUT2D eigenvalue weighted by molar-refractivity contribution is 7.26. The monoisotopic (exact) mass is 305 g/mol. The van der Waals surface area contributed by atoms with Gasteiger partial charge in [0, 0.05) is 39.5 Å². The van der Waals surface area contributed by atoms with Gasteiger partial charge in [0.1, 0.15) is 0 Å². The standard InChI is InChI=1S/C15H19N3S2/c1-4-16-12(8-11-7-10(2)17-18(11)3)14-9-15-13(20-14)5-6-19-15/h5-7,9,12,16H,4,8H2,1-3H3. The molecule has 5 heteroatoms. The molecule has 0 aliphatic heterocycles. The van der Waals surface area contributed by atoms with Gasteiger partial charge in [-0.3, -0.25) is 4.68 Å². The molecule has 3 rings (SSSR count). The molecule has 1 N–H and O–H groups in total. The predicted octanol–water partition coefficient (Wildman–Crippen LogP) is 3.90. The predicted molar refractivity (Wildman–Crippen MR) is 87.8 cm³/mol. The minimum absolute atomic E-state index is 0.374. The van der Waals surface area contributed by atoms with Gasteiger partial charge in [-0.1, -0.05) is 6.92 Å². The zero-order valence-corrected chi connectivity index (χ0v) is 13.6. The fraction of sp³-hybridized carbons (Fsp3) is 0.400. The summed E-state index contributed by atoms with van der Waals surface area (Å²) in [5.41, 5.74) is 2.37. The molecule has 106 valence electrons. The van der Waals surface area contributed by atoms with Crippen LogP contribution < -0.4 is 5.32 Å². The summed E-state index contributed by atoms with van der Waals surface area (Å²) in [4.78, 5) is 1.42. The van der Waals surface area contributed by atoms with Crippen molar-refractivity contribution in [3.63, 3.8) is 0 Å². The van der Waals surface area contributed by atoms with E-state index in [1.165, 1.54) is 20.0 Å². The van der Waals surface area contributed by atoms with E-state index in [9.17, 15) is 0 Å². The van der Waals surface area contributed by atoms with E-state index in [4.69, 9.17) is 0 Å². The molecular weight excluding hydrogens is 286 g/mol. The van der Waals surface area contributed by atoms with E-state index in [0.29, 0.717) is 6.04 Å². The molecule has 0 fully saturated rings. The fourth-order valence-electron chi connectivity index (χ4n) is 2.54. The molecule has 1 unspecified atom stereocenters. The molecule has 0 radical (unpaired) electrons. The van der Waals surface area contributed by atoms with E-state index < -0.39 is 0 Å². The van der Waals surface area contributed by atoms with Crippen LogP contribution in [0.4, 0.5) is 0 Å². The fourth-order valence-corrected chi connectivity index (χ4v) is 4.74. The van der Waals surface area contributed by atoms with Crippen LogP contribution in [0, 0.1) is 6.92 Å². The van der Waals surface area contributed by atoms with Gasteiger partial charge in [-0.2, -0.15) is 5.10 Å². The Morgan fingerprint density at radius 1 is 1.35 bits per heavy atom. The number of rotatable bonds is 5. The van der Waals surface area contributed by atoms with Crippen molar-refractivity contribution in [3.05, 3.63) is 39.8 Å². The second kappa shape index (κ2) is 5.68. The first-order valence-corrected chi connectivity index (χ1v) is 8.57. The molecule has 3 heterocycles. The van der Waals surface area contributed by atoms with E-state index in [0.717, 1.165) is 18.7 Å². The number of hydrogen-bond acceptors (Lipinski definition) is 4. The Labute approximate surface area is 127 Å². The van der Waals surface area contributed by atoms with Crippen LogP contribution in [0.25, 0.3) is 9.40 Å². The van der Waals surface area contributed by atoms with Gasteiger partial charge in [0.05, 0.1) is 5.69 Å². The summed E-state index contributed by atoms with van der Waals surface area (Å²) >= 11 is 3.72. The van der Waals surface area contributed by atoms with Crippen LogP contribution in [-0.2, 0) is 13.5 Å². The highest BCUT2D eigenvalue weighted by atomic mass is 32.1. The summed E-state index contributed by atoms with van der Waals surface area (Å²) in [6.07, 6.45) is 0.985. The highest BCUT2D eigenvalue weighted by Crippen LogP contribution is 2.34. The molecule has 3 aromatic heterocycles. The van der Waals surface area contributed by atoms with Crippen LogP contribution in [-0.4, -0.2) is 16.3 Å². The average molecular weight is 305 g/mol. The number of nitrogens with one attached hydrogen (secondary N) is 1. The van der Waals surface area contributed by atoms with Crippen LogP contribution in [0.3, 0.4) is 0 Å². The second-order valence-corrected chi connectivity index (χ2v) is 7.08. The van der Waals surface area contributed by atoms with Crippen molar-refractivity contribution < 1.29 is 0 Å². The quantitative estimate of drug-likeness (QED) is 0.775. The Kier molecular flexibility index (Phi) is 3.92. The topological polar surface area (TPSA) is 29.9 Å². The molecule has 3 nitrogen and oxygen atoms in total. The minimum Gasteiger partial charge on any atom is -0.309 e. The van der Waals surface area contributed by atoms with Crippen LogP contribution >= 0.6 is 22.7 Å². The Bertz CT molecular complexity index is 679. The number of nitrogens with zero attached hydrogens (tertiary/aromatic N) is 2. The van der Waals surface area contributed by atoms with E-state index in [1.807, 2.05) is 41.3 Å². The van der Waals surface area contributed by atoms with Gasteiger partial charge in [0.25, 0.3) is 0 Å². The van der Waals surface area contributed by atoms with Gasteiger partial charge in [-0.05, 0) is 37.0 Å². The summed E-state index contributed by atoms with van der Waals surface area (Å²) in [6.45, 7) is 5.19. The van der Waals surface area contributed by atoms with E-state index in [1.54, 1.807) is 0 Å². The van der Waals surface area contributed by atoms with Crippen molar-refractivity contribution in [1.29, 1.82) is 0 Å². The third kappa shape index (κ3) is 2.66. The number of fused-ring (bicyclic) bond motifs is 1. The first-order valence-electron chi connectivity index (χ1n) is 6.87. The van der Waals surface area contributed by atoms with E-state index >= 15 is 0 Å². The third-order valence-electron chi connectivity index (χ3n) is 3.46. The van der Waals surface area contributed by atoms with Crippen molar-refractivity contribution in [2.24, 2.45) is 7.05 Å².